The van der Waals surface area contributed by atoms with E-state index in [0.29, 0.717) is 0 Å². The molecule has 16 heavy (non-hydrogen) atoms. The Kier molecular flexibility index (Phi) is 3.75. The summed E-state index contributed by atoms with van der Waals surface area (Å²) in [6.07, 6.45) is -2.35. The first-order chi connectivity index (χ1) is 7.47. The first-order valence-electron chi connectivity index (χ1n) is 4.32. The number of ether oxygens (including phenoxy) is 1. The predicted octanol–water partition coefficient (Wildman–Crippen LogP) is -0.630. The number of nitrogens with two attached hydrogens (primary N) is 1. The molecule has 88 valence electrons. The van der Waals surface area contributed by atoms with Crippen LogP contribution in [-0.2, 0) is 9.53 Å². The van der Waals surface area contributed by atoms with E-state index >= 15 is 0 Å². The Labute approximate surface area is 90.5 Å². The molecule has 1 aromatic rings. The summed E-state index contributed by atoms with van der Waals surface area (Å²) in [4.78, 5) is 14.4. The molecule has 0 spiro atoms. The van der Waals surface area contributed by atoms with Crippen LogP contribution in [0, 0.1) is 5.82 Å². The van der Waals surface area contributed by atoms with Crippen LogP contribution in [0.2, 0.25) is 0 Å². The normalized spacial score (nSPS) is 14.2. The Morgan fingerprint density at radius 3 is 2.75 bits per heavy atom. The number of aliphatic hydroxyl groups excluding tert-OH is 2. The quantitative estimate of drug-likeness (QED) is 0.597. The number of aliphatic hydroxyl groups is 2. The van der Waals surface area contributed by atoms with Gasteiger partial charge in [-0.3, -0.25) is 0 Å². The monoisotopic (exact) mass is 230 g/mol. The van der Waals surface area contributed by atoms with Gasteiger partial charge >= 0.3 is 5.97 Å². The van der Waals surface area contributed by atoms with Crippen LogP contribution < -0.4 is 5.73 Å². The molecule has 7 heteroatoms. The van der Waals surface area contributed by atoms with Crippen molar-refractivity contribution in [3.63, 3.8) is 0 Å². The molecule has 0 fully saturated rings. The molecule has 4 N–H and O–H groups in total. The number of halogens is 1. The standard InChI is InChI=1S/C9H11FN2O4/c1-16-9(15)7(14)6(13)4-2-5(10)8(11)12-3-4/h2-3,6-7,13-14H,1H3,(H2,11,12). The maximum absolute atomic E-state index is 13.0. The first-order valence-corrected chi connectivity index (χ1v) is 4.32. The van der Waals surface area contributed by atoms with Gasteiger partial charge in [0.2, 0.25) is 0 Å². The minimum absolute atomic E-state index is 0.0652. The average molecular weight is 230 g/mol. The van der Waals surface area contributed by atoms with E-state index in [1.807, 2.05) is 0 Å². The minimum atomic E-state index is -1.80. The second-order valence-electron chi connectivity index (χ2n) is 3.05. The van der Waals surface area contributed by atoms with Crippen LogP contribution in [0.5, 0.6) is 0 Å². The molecule has 1 aromatic heterocycles. The number of nitrogens with zero attached hydrogens (tertiary/aromatic N) is 1. The largest absolute Gasteiger partial charge is 0.467 e. The number of pyridine rings is 1. The van der Waals surface area contributed by atoms with E-state index in [2.05, 4.69) is 9.72 Å². The molecule has 0 aliphatic carbocycles. The summed E-state index contributed by atoms with van der Waals surface area (Å²) in [6.45, 7) is 0. The van der Waals surface area contributed by atoms with Crippen molar-refractivity contribution in [2.75, 3.05) is 12.8 Å². The Hall–Kier alpha value is -1.73. The summed E-state index contributed by atoms with van der Waals surface area (Å²) in [5, 5.41) is 18.8. The zero-order valence-corrected chi connectivity index (χ0v) is 8.42. The van der Waals surface area contributed by atoms with Gasteiger partial charge in [-0.25, -0.2) is 14.2 Å². The number of nitrogen functional groups attached to an aromatic ring is 1. The van der Waals surface area contributed by atoms with E-state index in [0.717, 1.165) is 19.4 Å². The lowest BCUT2D eigenvalue weighted by molar-refractivity contribution is -0.156. The lowest BCUT2D eigenvalue weighted by Crippen LogP contribution is -2.29. The van der Waals surface area contributed by atoms with Crippen LogP contribution in [0.25, 0.3) is 0 Å². The van der Waals surface area contributed by atoms with Gasteiger partial charge in [0.1, 0.15) is 6.10 Å². The third kappa shape index (κ3) is 2.44. The minimum Gasteiger partial charge on any atom is -0.467 e. The van der Waals surface area contributed by atoms with Crippen molar-refractivity contribution < 1.29 is 24.1 Å². The lowest BCUT2D eigenvalue weighted by Gasteiger charge is -2.15. The highest BCUT2D eigenvalue weighted by atomic mass is 19.1. The number of esters is 1. The molecule has 2 atom stereocenters. The Bertz CT molecular complexity index is 399. The average Bonchev–Trinajstić information content (AvgIpc) is 2.29. The van der Waals surface area contributed by atoms with Crippen LogP contribution in [0.15, 0.2) is 12.3 Å². The maximum atomic E-state index is 13.0. The SMILES string of the molecule is COC(=O)C(O)C(O)c1cnc(N)c(F)c1. The van der Waals surface area contributed by atoms with Gasteiger partial charge < -0.3 is 20.7 Å². The summed E-state index contributed by atoms with van der Waals surface area (Å²) < 4.78 is 17.2. The molecule has 6 nitrogen and oxygen atoms in total. The molecular formula is C9H11FN2O4. The van der Waals surface area contributed by atoms with Crippen molar-refractivity contribution in [2.45, 2.75) is 12.2 Å². The zero-order chi connectivity index (χ0) is 12.3. The van der Waals surface area contributed by atoms with E-state index in [1.165, 1.54) is 0 Å². The molecule has 0 saturated heterocycles. The van der Waals surface area contributed by atoms with Gasteiger partial charge in [-0.2, -0.15) is 0 Å². The van der Waals surface area contributed by atoms with E-state index in [1.54, 1.807) is 0 Å². The Balaban J connectivity index is 2.91. The van der Waals surface area contributed by atoms with Gasteiger partial charge in [-0.05, 0) is 6.07 Å². The molecule has 0 aromatic carbocycles. The molecule has 0 amide bonds. The van der Waals surface area contributed by atoms with Gasteiger partial charge in [-0.15, -0.1) is 0 Å². The summed E-state index contributed by atoms with van der Waals surface area (Å²) in [5.74, 6) is -2.19. The molecule has 2 unspecified atom stereocenters. The van der Waals surface area contributed by atoms with Gasteiger partial charge in [-0.1, -0.05) is 0 Å². The molecule has 1 heterocycles. The maximum Gasteiger partial charge on any atom is 0.337 e. The van der Waals surface area contributed by atoms with E-state index in [9.17, 15) is 19.4 Å². The third-order valence-electron chi connectivity index (χ3n) is 1.97. The van der Waals surface area contributed by atoms with Crippen LogP contribution in [0.1, 0.15) is 11.7 Å². The van der Waals surface area contributed by atoms with Crippen LogP contribution in [-0.4, -0.2) is 34.4 Å². The highest BCUT2D eigenvalue weighted by molar-refractivity contribution is 5.75. The van der Waals surface area contributed by atoms with Crippen LogP contribution in [0.3, 0.4) is 0 Å². The fourth-order valence-corrected chi connectivity index (χ4v) is 1.06. The number of aromatic nitrogens is 1. The van der Waals surface area contributed by atoms with Crippen LogP contribution >= 0.6 is 0 Å². The molecule has 0 radical (unpaired) electrons. The molecule has 0 aliphatic rings. The number of anilines is 1. The fraction of sp³-hybridized carbons (Fsp3) is 0.333. The number of rotatable bonds is 3. The number of carbonyl (C=O) groups excluding carboxylic acids is 1. The van der Waals surface area contributed by atoms with Crippen molar-refractivity contribution in [3.05, 3.63) is 23.6 Å². The summed E-state index contributed by atoms with van der Waals surface area (Å²) in [6, 6.07) is 0.888. The number of hydrogen-bond donors (Lipinski definition) is 3. The number of hydrogen-bond acceptors (Lipinski definition) is 6. The molecule has 0 bridgehead atoms. The second-order valence-corrected chi connectivity index (χ2v) is 3.05. The summed E-state index contributed by atoms with van der Waals surface area (Å²) in [5.41, 5.74) is 5.06. The smallest absolute Gasteiger partial charge is 0.337 e. The van der Waals surface area contributed by atoms with Crippen LogP contribution in [0.4, 0.5) is 10.2 Å². The lowest BCUT2D eigenvalue weighted by atomic mass is 10.1. The molecule has 0 saturated carbocycles. The zero-order valence-electron chi connectivity index (χ0n) is 8.42. The highest BCUT2D eigenvalue weighted by Gasteiger charge is 2.27. The van der Waals surface area contributed by atoms with Crippen molar-refractivity contribution >= 4 is 11.8 Å². The van der Waals surface area contributed by atoms with E-state index in [-0.39, 0.29) is 11.4 Å². The fourth-order valence-electron chi connectivity index (χ4n) is 1.06. The number of carbonyl (C=O) groups is 1. The van der Waals surface area contributed by atoms with Crippen molar-refractivity contribution in [1.29, 1.82) is 0 Å². The van der Waals surface area contributed by atoms with Gasteiger partial charge in [0.05, 0.1) is 7.11 Å². The Morgan fingerprint density at radius 2 is 2.25 bits per heavy atom. The molecular weight excluding hydrogens is 219 g/mol. The second kappa shape index (κ2) is 4.86. The first kappa shape index (κ1) is 12.3. The summed E-state index contributed by atoms with van der Waals surface area (Å²) in [7, 11) is 1.06. The molecule has 0 aliphatic heterocycles. The number of methoxy groups -OCH3 is 1. The predicted molar refractivity (Wildman–Crippen MR) is 51.6 cm³/mol. The van der Waals surface area contributed by atoms with Crippen molar-refractivity contribution in [3.8, 4) is 0 Å². The summed E-state index contributed by atoms with van der Waals surface area (Å²) >= 11 is 0. The van der Waals surface area contributed by atoms with Crippen molar-refractivity contribution in [1.82, 2.24) is 4.98 Å². The van der Waals surface area contributed by atoms with Gasteiger partial charge in [0.15, 0.2) is 17.7 Å². The highest BCUT2D eigenvalue weighted by Crippen LogP contribution is 2.19. The van der Waals surface area contributed by atoms with Gasteiger partial charge in [0.25, 0.3) is 0 Å². The van der Waals surface area contributed by atoms with E-state index < -0.39 is 24.0 Å². The topological polar surface area (TPSA) is 106 Å². The Morgan fingerprint density at radius 1 is 1.62 bits per heavy atom. The molecule has 1 rings (SSSR count). The van der Waals surface area contributed by atoms with Gasteiger partial charge in [0, 0.05) is 11.8 Å². The third-order valence-corrected chi connectivity index (χ3v) is 1.97. The van der Waals surface area contributed by atoms with Crippen molar-refractivity contribution in [2.24, 2.45) is 0 Å². The van der Waals surface area contributed by atoms with E-state index in [4.69, 9.17) is 5.73 Å².